The van der Waals surface area contributed by atoms with Gasteiger partial charge in [0, 0.05) is 18.8 Å². The lowest BCUT2D eigenvalue weighted by molar-refractivity contribution is -0.132. The summed E-state index contributed by atoms with van der Waals surface area (Å²) in [5.41, 5.74) is -0.502. The second-order valence-corrected chi connectivity index (χ2v) is 5.57. The van der Waals surface area contributed by atoms with E-state index in [1.807, 2.05) is 0 Å². The molecule has 0 aromatic heterocycles. The monoisotopic (exact) mass is 328 g/mol. The fraction of sp³-hybridized carbons (Fsp3) is 0.786. The van der Waals surface area contributed by atoms with Gasteiger partial charge in [-0.15, -0.1) is 12.4 Å². The van der Waals surface area contributed by atoms with Gasteiger partial charge < -0.3 is 20.1 Å². The second-order valence-electron chi connectivity index (χ2n) is 5.57. The molecule has 7 nitrogen and oxygen atoms in total. The number of ether oxygens (including phenoxy) is 1. The Morgan fingerprint density at radius 2 is 1.82 bits per heavy atom. The van der Waals surface area contributed by atoms with Gasteiger partial charge >= 0.3 is 0 Å². The molecule has 22 heavy (non-hydrogen) atoms. The number of aliphatic hydroxyl groups is 1. The number of amides is 1. The van der Waals surface area contributed by atoms with E-state index in [0.29, 0.717) is 38.9 Å². The summed E-state index contributed by atoms with van der Waals surface area (Å²) in [7, 11) is 0. The summed E-state index contributed by atoms with van der Waals surface area (Å²) in [5, 5.41) is 30.8. The number of aliphatic hydroxyl groups excluding tert-OH is 1. The van der Waals surface area contributed by atoms with E-state index in [1.165, 1.54) is 4.90 Å². The Morgan fingerprint density at radius 1 is 1.27 bits per heavy atom. The highest BCUT2D eigenvalue weighted by atomic mass is 35.5. The number of hydrogen-bond acceptors (Lipinski definition) is 6. The topological polar surface area (TPSA) is 109 Å². The first kappa shape index (κ1) is 18.7. The SMILES string of the molecule is Cl.N#C[C@@H]1CC[C@H](C#N)N1C(=O)CNC1(CO)CCOCC1. The van der Waals surface area contributed by atoms with Gasteiger partial charge in [-0.3, -0.25) is 4.79 Å². The van der Waals surface area contributed by atoms with Crippen LogP contribution >= 0.6 is 12.4 Å². The maximum absolute atomic E-state index is 12.3. The van der Waals surface area contributed by atoms with Gasteiger partial charge in [0.05, 0.1) is 25.3 Å². The van der Waals surface area contributed by atoms with Gasteiger partial charge in [-0.2, -0.15) is 10.5 Å². The number of halogens is 1. The Morgan fingerprint density at radius 3 is 2.27 bits per heavy atom. The first-order valence-electron chi connectivity index (χ1n) is 7.20. The lowest BCUT2D eigenvalue weighted by atomic mass is 9.91. The Labute approximate surface area is 136 Å². The normalized spacial score (nSPS) is 26.6. The van der Waals surface area contributed by atoms with Gasteiger partial charge in [-0.25, -0.2) is 0 Å². The van der Waals surface area contributed by atoms with Crippen LogP contribution in [-0.4, -0.2) is 59.9 Å². The summed E-state index contributed by atoms with van der Waals surface area (Å²) in [6, 6.07) is 3.11. The first-order valence-corrected chi connectivity index (χ1v) is 7.20. The van der Waals surface area contributed by atoms with Crippen molar-refractivity contribution in [3.8, 4) is 12.1 Å². The van der Waals surface area contributed by atoms with Crippen molar-refractivity contribution in [3.05, 3.63) is 0 Å². The molecule has 2 rings (SSSR count). The van der Waals surface area contributed by atoms with Crippen molar-refractivity contribution in [1.29, 1.82) is 10.5 Å². The molecule has 0 radical (unpaired) electrons. The van der Waals surface area contributed by atoms with E-state index in [4.69, 9.17) is 15.3 Å². The van der Waals surface area contributed by atoms with Crippen LogP contribution in [0.3, 0.4) is 0 Å². The summed E-state index contributed by atoms with van der Waals surface area (Å²) in [6.45, 7) is 1.06. The largest absolute Gasteiger partial charge is 0.394 e. The third-order valence-corrected chi connectivity index (χ3v) is 4.34. The highest BCUT2D eigenvalue weighted by Gasteiger charge is 2.38. The predicted molar refractivity (Wildman–Crippen MR) is 80.0 cm³/mol. The van der Waals surface area contributed by atoms with E-state index >= 15 is 0 Å². The standard InChI is InChI=1S/C14H20N4O3.ClH/c15-7-11-1-2-12(8-16)18(11)13(20)9-17-14(10-19)3-5-21-6-4-14;/h11-12,17,19H,1-6,9-10H2;1H/t11-,12+;. The number of carbonyl (C=O) groups excluding carboxylic acids is 1. The van der Waals surface area contributed by atoms with E-state index in [0.717, 1.165) is 0 Å². The quantitative estimate of drug-likeness (QED) is 0.748. The number of nitrogens with zero attached hydrogens (tertiary/aromatic N) is 3. The summed E-state index contributed by atoms with van der Waals surface area (Å²) < 4.78 is 5.27. The fourth-order valence-electron chi connectivity index (χ4n) is 2.92. The third-order valence-electron chi connectivity index (χ3n) is 4.34. The van der Waals surface area contributed by atoms with Gasteiger partial charge in [-0.1, -0.05) is 0 Å². The molecule has 2 atom stereocenters. The summed E-state index contributed by atoms with van der Waals surface area (Å²) in [5.74, 6) is -0.259. The van der Waals surface area contributed by atoms with Gasteiger partial charge in [-0.05, 0) is 25.7 Å². The lowest BCUT2D eigenvalue weighted by Gasteiger charge is -2.37. The van der Waals surface area contributed by atoms with E-state index in [2.05, 4.69) is 17.5 Å². The molecular formula is C14H21ClN4O3. The predicted octanol–water partition coefficient (Wildman–Crippen LogP) is -0.0539. The van der Waals surface area contributed by atoms with Crippen LogP contribution in [0.2, 0.25) is 0 Å². The molecule has 8 heteroatoms. The minimum Gasteiger partial charge on any atom is -0.394 e. The van der Waals surface area contributed by atoms with E-state index in [-0.39, 0.29) is 31.5 Å². The average molecular weight is 329 g/mol. The molecule has 0 aromatic rings. The summed E-state index contributed by atoms with van der Waals surface area (Å²) in [6.07, 6.45) is 2.36. The molecule has 0 spiro atoms. The second kappa shape index (κ2) is 8.30. The van der Waals surface area contributed by atoms with Crippen LogP contribution in [0.1, 0.15) is 25.7 Å². The van der Waals surface area contributed by atoms with Crippen molar-refractivity contribution in [2.45, 2.75) is 43.3 Å². The maximum Gasteiger partial charge on any atom is 0.238 e. The molecule has 2 N–H and O–H groups in total. The Kier molecular flexibility index (Phi) is 7.05. The molecule has 2 fully saturated rings. The number of nitriles is 2. The van der Waals surface area contributed by atoms with Crippen LogP contribution in [0.4, 0.5) is 0 Å². The zero-order valence-electron chi connectivity index (χ0n) is 12.3. The average Bonchev–Trinajstić information content (AvgIpc) is 2.96. The number of nitrogens with one attached hydrogen (secondary N) is 1. The highest BCUT2D eigenvalue weighted by Crippen LogP contribution is 2.24. The lowest BCUT2D eigenvalue weighted by Crippen LogP contribution is -2.56. The van der Waals surface area contributed by atoms with Crippen molar-refractivity contribution in [1.82, 2.24) is 10.2 Å². The van der Waals surface area contributed by atoms with Gasteiger partial charge in [0.15, 0.2) is 0 Å². The molecule has 0 bridgehead atoms. The van der Waals surface area contributed by atoms with E-state index in [9.17, 15) is 9.90 Å². The number of hydrogen-bond donors (Lipinski definition) is 2. The molecule has 2 aliphatic rings. The number of rotatable bonds is 4. The zero-order valence-corrected chi connectivity index (χ0v) is 13.1. The van der Waals surface area contributed by atoms with Crippen molar-refractivity contribution >= 4 is 18.3 Å². The number of likely N-dealkylation sites (tertiary alicyclic amines) is 1. The smallest absolute Gasteiger partial charge is 0.238 e. The van der Waals surface area contributed by atoms with Crippen molar-refractivity contribution in [2.75, 3.05) is 26.4 Å². The highest BCUT2D eigenvalue weighted by molar-refractivity contribution is 5.85. The Bertz CT molecular complexity index is 446. The molecule has 2 saturated heterocycles. The molecule has 2 aliphatic heterocycles. The Balaban J connectivity index is 0.00000242. The first-order chi connectivity index (χ1) is 10.2. The van der Waals surface area contributed by atoms with E-state index in [1.54, 1.807) is 0 Å². The molecule has 122 valence electrons. The maximum atomic E-state index is 12.3. The number of carbonyl (C=O) groups is 1. The minimum atomic E-state index is -0.524. The molecule has 0 saturated carbocycles. The molecule has 1 amide bonds. The van der Waals surface area contributed by atoms with Crippen molar-refractivity contribution in [3.63, 3.8) is 0 Å². The summed E-state index contributed by atoms with van der Waals surface area (Å²) in [4.78, 5) is 13.7. The molecule has 0 aromatic carbocycles. The fourth-order valence-corrected chi connectivity index (χ4v) is 2.92. The molecule has 0 unspecified atom stereocenters. The van der Waals surface area contributed by atoms with Crippen LogP contribution in [0, 0.1) is 22.7 Å². The van der Waals surface area contributed by atoms with Crippen LogP contribution < -0.4 is 5.32 Å². The van der Waals surface area contributed by atoms with Gasteiger partial charge in [0.25, 0.3) is 0 Å². The zero-order chi connectivity index (χ0) is 15.3. The molecule has 2 heterocycles. The molecular weight excluding hydrogens is 308 g/mol. The van der Waals surface area contributed by atoms with Crippen LogP contribution in [0.15, 0.2) is 0 Å². The van der Waals surface area contributed by atoms with E-state index < -0.39 is 17.6 Å². The molecule has 0 aliphatic carbocycles. The van der Waals surface area contributed by atoms with Crippen LogP contribution in [0.5, 0.6) is 0 Å². The Hall–Kier alpha value is -1.38. The van der Waals surface area contributed by atoms with Crippen molar-refractivity contribution < 1.29 is 14.6 Å². The van der Waals surface area contributed by atoms with Crippen LogP contribution in [0.25, 0.3) is 0 Å². The summed E-state index contributed by atoms with van der Waals surface area (Å²) >= 11 is 0. The van der Waals surface area contributed by atoms with Gasteiger partial charge in [0.2, 0.25) is 5.91 Å². The third kappa shape index (κ3) is 3.88. The van der Waals surface area contributed by atoms with Gasteiger partial charge in [0.1, 0.15) is 12.1 Å². The minimum absolute atomic E-state index is 0. The van der Waals surface area contributed by atoms with Crippen molar-refractivity contribution in [2.24, 2.45) is 0 Å². The van der Waals surface area contributed by atoms with Crippen LogP contribution in [-0.2, 0) is 9.53 Å².